The van der Waals surface area contributed by atoms with E-state index in [9.17, 15) is 9.18 Å². The van der Waals surface area contributed by atoms with E-state index < -0.39 is 17.6 Å². The van der Waals surface area contributed by atoms with E-state index in [1.807, 2.05) is 0 Å². The van der Waals surface area contributed by atoms with E-state index in [4.69, 9.17) is 22.5 Å². The summed E-state index contributed by atoms with van der Waals surface area (Å²) < 4.78 is 12.9. The Kier molecular flexibility index (Phi) is 4.28. The number of oxime groups is 1. The predicted molar refractivity (Wildman–Crippen MR) is 62.6 cm³/mol. The van der Waals surface area contributed by atoms with Crippen molar-refractivity contribution in [2.45, 2.75) is 6.92 Å². The zero-order chi connectivity index (χ0) is 13.0. The van der Waals surface area contributed by atoms with Crippen LogP contribution in [0.5, 0.6) is 0 Å². The molecule has 0 aliphatic carbocycles. The van der Waals surface area contributed by atoms with Crippen LogP contribution in [0.1, 0.15) is 6.92 Å². The van der Waals surface area contributed by atoms with Gasteiger partial charge in [0.25, 0.3) is 0 Å². The number of nitrogens with two attached hydrogens (primary N) is 1. The third kappa shape index (κ3) is 3.32. The van der Waals surface area contributed by atoms with Gasteiger partial charge in [-0.3, -0.25) is 4.79 Å². The maximum atomic E-state index is 12.9. The molecule has 92 valence electrons. The van der Waals surface area contributed by atoms with Gasteiger partial charge < -0.3 is 16.3 Å². The lowest BCUT2D eigenvalue weighted by Gasteiger charge is -2.11. The summed E-state index contributed by atoms with van der Waals surface area (Å²) in [6, 6.07) is 3.57. The van der Waals surface area contributed by atoms with E-state index in [-0.39, 0.29) is 16.5 Å². The molecule has 4 N–H and O–H groups in total. The summed E-state index contributed by atoms with van der Waals surface area (Å²) in [5, 5.41) is 13.7. The fourth-order valence-electron chi connectivity index (χ4n) is 1.06. The van der Waals surface area contributed by atoms with Gasteiger partial charge in [-0.05, 0) is 25.1 Å². The van der Waals surface area contributed by atoms with Crippen molar-refractivity contribution in [1.29, 1.82) is 0 Å². The second-order valence-electron chi connectivity index (χ2n) is 3.36. The van der Waals surface area contributed by atoms with Crippen molar-refractivity contribution in [2.75, 3.05) is 5.32 Å². The molecule has 0 spiro atoms. The Morgan fingerprint density at radius 1 is 1.65 bits per heavy atom. The molecule has 0 aliphatic rings. The van der Waals surface area contributed by atoms with Gasteiger partial charge in [-0.1, -0.05) is 16.8 Å². The molecule has 5 nitrogen and oxygen atoms in total. The number of carbonyl (C=O) groups excluding carboxylic acids is 1. The van der Waals surface area contributed by atoms with Crippen LogP contribution >= 0.6 is 11.6 Å². The Bertz CT molecular complexity index is 465. The zero-order valence-corrected chi connectivity index (χ0v) is 9.70. The summed E-state index contributed by atoms with van der Waals surface area (Å²) in [6.07, 6.45) is 0. The topological polar surface area (TPSA) is 87.7 Å². The van der Waals surface area contributed by atoms with Crippen molar-refractivity contribution < 1.29 is 14.4 Å². The number of benzene rings is 1. The van der Waals surface area contributed by atoms with E-state index >= 15 is 0 Å². The molecule has 1 rings (SSSR count). The van der Waals surface area contributed by atoms with E-state index in [0.29, 0.717) is 0 Å². The fraction of sp³-hybridized carbons (Fsp3) is 0.200. The van der Waals surface area contributed by atoms with Gasteiger partial charge in [-0.2, -0.15) is 0 Å². The molecular weight excluding hydrogens is 249 g/mol. The Labute approximate surface area is 102 Å². The van der Waals surface area contributed by atoms with Gasteiger partial charge >= 0.3 is 0 Å². The predicted octanol–water partition coefficient (Wildman–Crippen LogP) is 1.80. The summed E-state index contributed by atoms with van der Waals surface area (Å²) in [5.41, 5.74) is 5.40. The van der Waals surface area contributed by atoms with Crippen LogP contribution in [-0.2, 0) is 4.79 Å². The van der Waals surface area contributed by atoms with Crippen molar-refractivity contribution in [1.82, 2.24) is 0 Å². The first-order valence-electron chi connectivity index (χ1n) is 4.69. The van der Waals surface area contributed by atoms with Gasteiger partial charge in [0.2, 0.25) is 5.91 Å². The van der Waals surface area contributed by atoms with Crippen LogP contribution < -0.4 is 11.1 Å². The lowest BCUT2D eigenvalue weighted by atomic mass is 10.1. The number of amidine groups is 1. The van der Waals surface area contributed by atoms with Gasteiger partial charge in [0, 0.05) is 0 Å². The Morgan fingerprint density at radius 3 is 2.88 bits per heavy atom. The summed E-state index contributed by atoms with van der Waals surface area (Å²) in [6.45, 7) is 1.44. The number of amides is 1. The molecule has 0 radical (unpaired) electrons. The van der Waals surface area contributed by atoms with Gasteiger partial charge in [0.15, 0.2) is 5.84 Å². The maximum absolute atomic E-state index is 12.9. The Hall–Kier alpha value is -1.82. The molecule has 0 saturated carbocycles. The maximum Gasteiger partial charge on any atom is 0.234 e. The van der Waals surface area contributed by atoms with Gasteiger partial charge in [-0.25, -0.2) is 4.39 Å². The second-order valence-corrected chi connectivity index (χ2v) is 3.77. The third-order valence-corrected chi connectivity index (χ3v) is 2.47. The third-order valence-electron chi connectivity index (χ3n) is 2.14. The fourth-order valence-corrected chi connectivity index (χ4v) is 1.22. The minimum Gasteiger partial charge on any atom is -0.409 e. The first-order chi connectivity index (χ1) is 7.95. The van der Waals surface area contributed by atoms with Crippen LogP contribution in [0.2, 0.25) is 5.02 Å². The molecule has 0 fully saturated rings. The van der Waals surface area contributed by atoms with Crippen LogP contribution in [0.15, 0.2) is 23.4 Å². The number of halogens is 2. The van der Waals surface area contributed by atoms with E-state index in [2.05, 4.69) is 10.5 Å². The second kappa shape index (κ2) is 5.49. The highest BCUT2D eigenvalue weighted by Crippen LogP contribution is 2.22. The molecule has 1 atom stereocenters. The first-order valence-corrected chi connectivity index (χ1v) is 5.07. The Balaban J connectivity index is 2.84. The molecule has 1 amide bonds. The molecule has 1 unspecified atom stereocenters. The standard InChI is InChI=1S/C10H11ClFN3O2/c1-5(9(13)15-17)10(16)14-8-4-6(12)2-3-7(8)11/h2-5,17H,1H3,(H2,13,15)(H,14,16). The van der Waals surface area contributed by atoms with E-state index in [1.165, 1.54) is 19.1 Å². The van der Waals surface area contributed by atoms with Gasteiger partial charge in [-0.15, -0.1) is 0 Å². The molecule has 0 aromatic heterocycles. The van der Waals surface area contributed by atoms with Crippen molar-refractivity contribution in [3.05, 3.63) is 29.0 Å². The van der Waals surface area contributed by atoms with Crippen molar-refractivity contribution in [2.24, 2.45) is 16.8 Å². The number of hydrogen-bond acceptors (Lipinski definition) is 3. The van der Waals surface area contributed by atoms with E-state index in [0.717, 1.165) is 6.07 Å². The summed E-state index contributed by atoms with van der Waals surface area (Å²) in [4.78, 5) is 11.6. The first kappa shape index (κ1) is 13.2. The van der Waals surface area contributed by atoms with Crippen molar-refractivity contribution in [3.63, 3.8) is 0 Å². The summed E-state index contributed by atoms with van der Waals surface area (Å²) >= 11 is 5.77. The highest BCUT2D eigenvalue weighted by Gasteiger charge is 2.18. The van der Waals surface area contributed by atoms with Crippen LogP contribution in [0.3, 0.4) is 0 Å². The number of rotatable bonds is 3. The molecule has 17 heavy (non-hydrogen) atoms. The monoisotopic (exact) mass is 259 g/mol. The molecule has 1 aromatic rings. The highest BCUT2D eigenvalue weighted by molar-refractivity contribution is 6.33. The van der Waals surface area contributed by atoms with Gasteiger partial charge in [0.05, 0.1) is 16.6 Å². The number of nitrogens with zero attached hydrogens (tertiary/aromatic N) is 1. The molecule has 0 heterocycles. The van der Waals surface area contributed by atoms with Gasteiger partial charge in [0.1, 0.15) is 5.82 Å². The van der Waals surface area contributed by atoms with Crippen molar-refractivity contribution in [3.8, 4) is 0 Å². The lowest BCUT2D eigenvalue weighted by Crippen LogP contribution is -2.32. The quantitative estimate of drug-likeness (QED) is 0.335. The SMILES string of the molecule is CC(C(=O)Nc1cc(F)ccc1Cl)/C(N)=N/O. The number of nitrogens with one attached hydrogen (secondary N) is 1. The zero-order valence-electron chi connectivity index (χ0n) is 8.95. The highest BCUT2D eigenvalue weighted by atomic mass is 35.5. The molecule has 7 heteroatoms. The van der Waals surface area contributed by atoms with Crippen LogP contribution in [0.25, 0.3) is 0 Å². The normalized spacial score (nSPS) is 13.2. The number of carbonyl (C=O) groups is 1. The smallest absolute Gasteiger partial charge is 0.234 e. The number of hydrogen-bond donors (Lipinski definition) is 3. The lowest BCUT2D eigenvalue weighted by molar-refractivity contribution is -0.117. The van der Waals surface area contributed by atoms with Crippen molar-refractivity contribution >= 4 is 29.0 Å². The van der Waals surface area contributed by atoms with Crippen LogP contribution in [-0.4, -0.2) is 17.0 Å². The molecule has 0 bridgehead atoms. The molecular formula is C10H11ClFN3O2. The Morgan fingerprint density at radius 2 is 2.29 bits per heavy atom. The number of anilines is 1. The molecule has 0 saturated heterocycles. The van der Waals surface area contributed by atoms with Crippen LogP contribution in [0, 0.1) is 11.7 Å². The minimum absolute atomic E-state index is 0.134. The average molecular weight is 260 g/mol. The minimum atomic E-state index is -0.848. The summed E-state index contributed by atoms with van der Waals surface area (Å²) in [5.74, 6) is -2.16. The largest absolute Gasteiger partial charge is 0.409 e. The summed E-state index contributed by atoms with van der Waals surface area (Å²) in [7, 11) is 0. The van der Waals surface area contributed by atoms with Crippen LogP contribution in [0.4, 0.5) is 10.1 Å². The average Bonchev–Trinajstić information content (AvgIpc) is 2.31. The molecule has 1 aromatic carbocycles. The molecule has 0 aliphatic heterocycles. The van der Waals surface area contributed by atoms with E-state index in [1.54, 1.807) is 0 Å².